The Balaban J connectivity index is 1.96. The van der Waals surface area contributed by atoms with E-state index in [9.17, 15) is 13.2 Å². The number of piperidine rings is 1. The molecule has 1 aromatic carbocycles. The maximum atomic E-state index is 12.8. The second kappa shape index (κ2) is 9.06. The van der Waals surface area contributed by atoms with Crippen LogP contribution in [0.25, 0.3) is 5.69 Å². The number of benzene rings is 1. The molecule has 1 aliphatic rings. The highest BCUT2D eigenvalue weighted by atomic mass is 32.2. The Morgan fingerprint density at radius 3 is 2.66 bits per heavy atom. The molecular formula is C20H29N5O3S. The van der Waals surface area contributed by atoms with E-state index in [1.165, 1.54) is 8.61 Å². The van der Waals surface area contributed by atoms with Crippen LogP contribution in [0.3, 0.4) is 0 Å². The van der Waals surface area contributed by atoms with Crippen LogP contribution in [0.5, 0.6) is 0 Å². The van der Waals surface area contributed by atoms with Crippen molar-refractivity contribution in [2.75, 3.05) is 33.2 Å². The molecule has 1 unspecified atom stereocenters. The number of rotatable bonds is 7. The van der Waals surface area contributed by atoms with E-state index in [0.29, 0.717) is 37.4 Å². The molecule has 1 fully saturated rings. The van der Waals surface area contributed by atoms with E-state index in [1.807, 2.05) is 44.2 Å². The van der Waals surface area contributed by atoms with Gasteiger partial charge in [-0.05, 0) is 31.9 Å². The lowest BCUT2D eigenvalue weighted by molar-refractivity contribution is 0.0954. The summed E-state index contributed by atoms with van der Waals surface area (Å²) in [7, 11) is -1.92. The number of carbonyl (C=O) groups is 1. The zero-order chi connectivity index (χ0) is 21.0. The van der Waals surface area contributed by atoms with E-state index in [0.717, 1.165) is 18.5 Å². The summed E-state index contributed by atoms with van der Waals surface area (Å²) in [6.45, 7) is 5.42. The smallest absolute Gasteiger partial charge is 0.281 e. The first kappa shape index (κ1) is 21.5. The van der Waals surface area contributed by atoms with Crippen molar-refractivity contribution < 1.29 is 13.2 Å². The van der Waals surface area contributed by atoms with Crippen LogP contribution in [-0.4, -0.2) is 65.9 Å². The molecule has 2 heterocycles. The van der Waals surface area contributed by atoms with Crippen molar-refractivity contribution in [2.24, 2.45) is 0 Å². The van der Waals surface area contributed by atoms with E-state index in [1.54, 1.807) is 17.9 Å². The van der Waals surface area contributed by atoms with Gasteiger partial charge in [-0.25, -0.2) is 4.68 Å². The molecule has 0 bridgehead atoms. The predicted octanol–water partition coefficient (Wildman–Crippen LogP) is 2.00. The summed E-state index contributed by atoms with van der Waals surface area (Å²) < 4.78 is 30.1. The fraction of sp³-hybridized carbons (Fsp3) is 0.500. The third-order valence-corrected chi connectivity index (χ3v) is 7.31. The number of hydrogen-bond donors (Lipinski definition) is 1. The van der Waals surface area contributed by atoms with E-state index in [4.69, 9.17) is 5.10 Å². The van der Waals surface area contributed by atoms with E-state index in [-0.39, 0.29) is 11.8 Å². The highest BCUT2D eigenvalue weighted by Gasteiger charge is 2.34. The molecule has 8 nitrogen and oxygen atoms in total. The van der Waals surface area contributed by atoms with Crippen molar-refractivity contribution >= 4 is 16.1 Å². The minimum Gasteiger partial charge on any atom is -0.352 e. The zero-order valence-electron chi connectivity index (χ0n) is 17.2. The van der Waals surface area contributed by atoms with Crippen LogP contribution < -0.4 is 5.32 Å². The van der Waals surface area contributed by atoms with Crippen molar-refractivity contribution in [1.82, 2.24) is 23.7 Å². The van der Waals surface area contributed by atoms with Crippen molar-refractivity contribution in [1.29, 1.82) is 0 Å². The van der Waals surface area contributed by atoms with Gasteiger partial charge in [-0.1, -0.05) is 25.1 Å². The van der Waals surface area contributed by atoms with Gasteiger partial charge in [-0.2, -0.15) is 22.1 Å². The summed E-state index contributed by atoms with van der Waals surface area (Å²) in [6.07, 6.45) is 3.26. The summed E-state index contributed by atoms with van der Waals surface area (Å²) in [5, 5.41) is 7.55. The first-order valence-electron chi connectivity index (χ1n) is 10.0. The average Bonchev–Trinajstić information content (AvgIpc) is 3.19. The predicted molar refractivity (Wildman–Crippen MR) is 112 cm³/mol. The van der Waals surface area contributed by atoms with Crippen LogP contribution in [0.4, 0.5) is 0 Å². The maximum absolute atomic E-state index is 12.8. The first-order valence-corrected chi connectivity index (χ1v) is 11.4. The van der Waals surface area contributed by atoms with Crippen LogP contribution in [0.15, 0.2) is 36.5 Å². The normalized spacial score (nSPS) is 18.1. The Hall–Kier alpha value is -2.23. The topological polar surface area (TPSA) is 87.5 Å². The van der Waals surface area contributed by atoms with E-state index < -0.39 is 10.2 Å². The van der Waals surface area contributed by atoms with Gasteiger partial charge in [0.2, 0.25) is 0 Å². The molecule has 1 N–H and O–H groups in total. The SMILES string of the molecule is CCNC(=O)c1cn(-c2ccccc2)nc1C1CCCN(S(=O)(=O)N(C)CC)C1. The monoisotopic (exact) mass is 419 g/mol. The van der Waals surface area contributed by atoms with Crippen LogP contribution in [0, 0.1) is 0 Å². The van der Waals surface area contributed by atoms with Crippen LogP contribution in [-0.2, 0) is 10.2 Å². The lowest BCUT2D eigenvalue weighted by Crippen LogP contribution is -2.46. The Kier molecular flexibility index (Phi) is 6.71. The second-order valence-electron chi connectivity index (χ2n) is 7.19. The first-order chi connectivity index (χ1) is 13.9. The standard InChI is InChI=1S/C20H29N5O3S/c1-4-21-20(26)18-15-25(17-11-7-6-8-12-17)22-19(18)16-10-9-13-24(14-16)29(27,28)23(3)5-2/h6-8,11-12,15-16H,4-5,9-10,13-14H2,1-3H3,(H,21,26). The Labute approximate surface area is 172 Å². The van der Waals surface area contributed by atoms with Gasteiger partial charge in [-0.15, -0.1) is 0 Å². The quantitative estimate of drug-likeness (QED) is 0.744. The minimum absolute atomic E-state index is 0.133. The maximum Gasteiger partial charge on any atom is 0.281 e. The molecule has 3 rings (SSSR count). The molecule has 1 saturated heterocycles. The molecule has 29 heavy (non-hydrogen) atoms. The van der Waals surface area contributed by atoms with Gasteiger partial charge < -0.3 is 5.32 Å². The molecule has 9 heteroatoms. The molecule has 1 aliphatic heterocycles. The number of para-hydroxylation sites is 1. The largest absolute Gasteiger partial charge is 0.352 e. The minimum atomic E-state index is -3.51. The number of hydrogen-bond acceptors (Lipinski definition) is 4. The average molecular weight is 420 g/mol. The fourth-order valence-corrected chi connectivity index (χ4v) is 5.02. The van der Waals surface area contributed by atoms with Gasteiger partial charge >= 0.3 is 0 Å². The molecular weight excluding hydrogens is 390 g/mol. The Morgan fingerprint density at radius 2 is 2.00 bits per heavy atom. The van der Waals surface area contributed by atoms with Gasteiger partial charge in [0.15, 0.2) is 0 Å². The fourth-order valence-electron chi connectivity index (χ4n) is 3.57. The summed E-state index contributed by atoms with van der Waals surface area (Å²) in [4.78, 5) is 12.7. The molecule has 0 saturated carbocycles. The number of amides is 1. The van der Waals surface area contributed by atoms with Crippen molar-refractivity contribution in [2.45, 2.75) is 32.6 Å². The van der Waals surface area contributed by atoms with Gasteiger partial charge in [-0.3, -0.25) is 4.79 Å². The van der Waals surface area contributed by atoms with E-state index >= 15 is 0 Å². The molecule has 1 amide bonds. The third kappa shape index (κ3) is 4.52. The van der Waals surface area contributed by atoms with E-state index in [2.05, 4.69) is 5.32 Å². The molecule has 158 valence electrons. The van der Waals surface area contributed by atoms with Crippen molar-refractivity contribution in [3.63, 3.8) is 0 Å². The highest BCUT2D eigenvalue weighted by molar-refractivity contribution is 7.86. The summed E-state index contributed by atoms with van der Waals surface area (Å²) in [6, 6.07) is 9.60. The Bertz CT molecular complexity index is 942. The van der Waals surface area contributed by atoms with Crippen LogP contribution in [0.2, 0.25) is 0 Å². The molecule has 0 radical (unpaired) electrons. The lowest BCUT2D eigenvalue weighted by Gasteiger charge is -2.33. The van der Waals surface area contributed by atoms with Crippen molar-refractivity contribution in [3.8, 4) is 5.69 Å². The third-order valence-electron chi connectivity index (χ3n) is 5.28. The number of nitrogens with zero attached hydrogens (tertiary/aromatic N) is 4. The highest BCUT2D eigenvalue weighted by Crippen LogP contribution is 2.31. The summed E-state index contributed by atoms with van der Waals surface area (Å²) in [5.41, 5.74) is 2.01. The number of nitrogens with one attached hydrogen (secondary N) is 1. The molecule has 1 aromatic heterocycles. The molecule has 0 spiro atoms. The summed E-state index contributed by atoms with van der Waals surface area (Å²) >= 11 is 0. The molecule has 2 aromatic rings. The lowest BCUT2D eigenvalue weighted by atomic mass is 9.93. The van der Waals surface area contributed by atoms with Crippen molar-refractivity contribution in [3.05, 3.63) is 47.8 Å². The zero-order valence-corrected chi connectivity index (χ0v) is 18.0. The molecule has 0 aliphatic carbocycles. The van der Waals surface area contributed by atoms with Gasteiger partial charge in [0.05, 0.1) is 16.9 Å². The van der Waals surface area contributed by atoms with Gasteiger partial charge in [0.25, 0.3) is 16.1 Å². The number of carbonyl (C=O) groups excluding carboxylic acids is 1. The Morgan fingerprint density at radius 1 is 1.28 bits per heavy atom. The van der Waals surface area contributed by atoms with Gasteiger partial charge in [0.1, 0.15) is 0 Å². The molecule has 1 atom stereocenters. The van der Waals surface area contributed by atoms with Crippen LogP contribution in [0.1, 0.15) is 48.7 Å². The van der Waals surface area contributed by atoms with Gasteiger partial charge in [0, 0.05) is 45.3 Å². The number of aromatic nitrogens is 2. The second-order valence-corrected chi connectivity index (χ2v) is 9.22. The summed E-state index contributed by atoms with van der Waals surface area (Å²) in [5.74, 6) is -0.318. The van der Waals surface area contributed by atoms with Crippen LogP contribution >= 0.6 is 0 Å².